The largest absolute Gasteiger partial charge is 0.447 e. The lowest BCUT2D eigenvalue weighted by atomic mass is 10.1. The van der Waals surface area contributed by atoms with Gasteiger partial charge in [0.25, 0.3) is 0 Å². The SMILES string of the molecule is C[C@@H](CCC(=O)c1ccncc1)OC(N)=O. The van der Waals surface area contributed by atoms with Gasteiger partial charge in [0.15, 0.2) is 5.78 Å². The third-order valence-corrected chi connectivity index (χ3v) is 2.10. The van der Waals surface area contributed by atoms with E-state index in [1.165, 1.54) is 0 Å². The molecule has 0 radical (unpaired) electrons. The van der Waals surface area contributed by atoms with E-state index < -0.39 is 6.09 Å². The lowest BCUT2D eigenvalue weighted by Crippen LogP contribution is -2.21. The normalized spacial score (nSPS) is 11.8. The second kappa shape index (κ2) is 5.85. The number of nitrogens with zero attached hydrogens (tertiary/aromatic N) is 1. The second-order valence-electron chi connectivity index (χ2n) is 3.45. The molecular weight excluding hydrogens is 208 g/mol. The minimum atomic E-state index is -0.816. The second-order valence-corrected chi connectivity index (χ2v) is 3.45. The molecule has 0 spiro atoms. The molecule has 0 fully saturated rings. The van der Waals surface area contributed by atoms with Crippen molar-refractivity contribution in [2.45, 2.75) is 25.9 Å². The lowest BCUT2D eigenvalue weighted by Gasteiger charge is -2.10. The number of aromatic nitrogens is 1. The Kier molecular flexibility index (Phi) is 4.44. The highest BCUT2D eigenvalue weighted by molar-refractivity contribution is 5.95. The number of ether oxygens (including phenoxy) is 1. The summed E-state index contributed by atoms with van der Waals surface area (Å²) in [7, 11) is 0. The van der Waals surface area contributed by atoms with Crippen molar-refractivity contribution in [3.05, 3.63) is 30.1 Å². The van der Waals surface area contributed by atoms with E-state index >= 15 is 0 Å². The minimum Gasteiger partial charge on any atom is -0.447 e. The van der Waals surface area contributed by atoms with Crippen LogP contribution in [0.5, 0.6) is 0 Å². The third kappa shape index (κ3) is 4.08. The Bertz CT molecular complexity index is 365. The van der Waals surface area contributed by atoms with Crippen molar-refractivity contribution >= 4 is 11.9 Å². The molecule has 0 unspecified atom stereocenters. The number of pyridine rings is 1. The maximum Gasteiger partial charge on any atom is 0.404 e. The van der Waals surface area contributed by atoms with Crippen LogP contribution in [0, 0.1) is 0 Å². The summed E-state index contributed by atoms with van der Waals surface area (Å²) in [6.07, 6.45) is 2.75. The maximum absolute atomic E-state index is 11.6. The van der Waals surface area contributed by atoms with Crippen molar-refractivity contribution < 1.29 is 14.3 Å². The van der Waals surface area contributed by atoms with Gasteiger partial charge in [-0.1, -0.05) is 0 Å². The van der Waals surface area contributed by atoms with Gasteiger partial charge in [-0.05, 0) is 25.5 Å². The first-order valence-corrected chi connectivity index (χ1v) is 4.99. The average molecular weight is 222 g/mol. The van der Waals surface area contributed by atoms with Gasteiger partial charge >= 0.3 is 6.09 Å². The number of nitrogens with two attached hydrogens (primary N) is 1. The Balaban J connectivity index is 2.39. The summed E-state index contributed by atoms with van der Waals surface area (Å²) in [6.45, 7) is 1.70. The van der Waals surface area contributed by atoms with Crippen molar-refractivity contribution in [2.75, 3.05) is 0 Å². The van der Waals surface area contributed by atoms with Crippen LogP contribution in [-0.2, 0) is 4.74 Å². The molecule has 0 aliphatic heterocycles. The molecule has 1 aromatic heterocycles. The molecule has 1 amide bonds. The van der Waals surface area contributed by atoms with E-state index in [9.17, 15) is 9.59 Å². The Hall–Kier alpha value is -1.91. The van der Waals surface area contributed by atoms with Gasteiger partial charge in [0.1, 0.15) is 6.10 Å². The van der Waals surface area contributed by atoms with Crippen molar-refractivity contribution in [3.63, 3.8) is 0 Å². The molecule has 2 N–H and O–H groups in total. The molecule has 1 atom stereocenters. The molecule has 5 heteroatoms. The maximum atomic E-state index is 11.6. The number of carbonyl (C=O) groups is 2. The van der Waals surface area contributed by atoms with Gasteiger partial charge in [0.2, 0.25) is 0 Å². The number of primary amides is 1. The fraction of sp³-hybridized carbons (Fsp3) is 0.364. The van der Waals surface area contributed by atoms with Crippen LogP contribution in [0.4, 0.5) is 4.79 Å². The summed E-state index contributed by atoms with van der Waals surface area (Å²) in [5.74, 6) is 0.00215. The van der Waals surface area contributed by atoms with E-state index in [0.29, 0.717) is 18.4 Å². The van der Waals surface area contributed by atoms with E-state index in [-0.39, 0.29) is 11.9 Å². The van der Waals surface area contributed by atoms with Gasteiger partial charge in [0.05, 0.1) is 0 Å². The van der Waals surface area contributed by atoms with Gasteiger partial charge in [0, 0.05) is 24.4 Å². The number of Topliss-reactive ketones (excluding diaryl/α,β-unsaturated/α-hetero) is 1. The van der Waals surface area contributed by atoms with E-state index in [2.05, 4.69) is 4.98 Å². The lowest BCUT2D eigenvalue weighted by molar-refractivity contribution is 0.0898. The highest BCUT2D eigenvalue weighted by Gasteiger charge is 2.10. The topological polar surface area (TPSA) is 82.3 Å². The van der Waals surface area contributed by atoms with Crippen LogP contribution < -0.4 is 5.73 Å². The van der Waals surface area contributed by atoms with Crippen molar-refractivity contribution in [3.8, 4) is 0 Å². The first-order valence-electron chi connectivity index (χ1n) is 4.99. The van der Waals surface area contributed by atoms with Gasteiger partial charge in [-0.25, -0.2) is 4.79 Å². The van der Waals surface area contributed by atoms with Gasteiger partial charge in [-0.15, -0.1) is 0 Å². The number of hydrogen-bond acceptors (Lipinski definition) is 4. The van der Waals surface area contributed by atoms with Crippen LogP contribution in [0.1, 0.15) is 30.1 Å². The highest BCUT2D eigenvalue weighted by atomic mass is 16.6. The van der Waals surface area contributed by atoms with Crippen molar-refractivity contribution in [2.24, 2.45) is 5.73 Å². The molecule has 0 bridgehead atoms. The predicted octanol–water partition coefficient (Wildman–Crippen LogP) is 1.53. The minimum absolute atomic E-state index is 0.00215. The summed E-state index contributed by atoms with van der Waals surface area (Å²) in [5.41, 5.74) is 5.47. The van der Waals surface area contributed by atoms with Crippen LogP contribution in [-0.4, -0.2) is 23.0 Å². The van der Waals surface area contributed by atoms with Crippen LogP contribution in [0.3, 0.4) is 0 Å². The fourth-order valence-corrected chi connectivity index (χ4v) is 1.27. The molecule has 0 aliphatic rings. The molecule has 0 saturated carbocycles. The fourth-order valence-electron chi connectivity index (χ4n) is 1.27. The number of carbonyl (C=O) groups excluding carboxylic acids is 2. The molecule has 5 nitrogen and oxygen atoms in total. The molecule has 0 aromatic carbocycles. The number of ketones is 1. The van der Waals surface area contributed by atoms with Gasteiger partial charge in [-0.3, -0.25) is 9.78 Å². The molecule has 16 heavy (non-hydrogen) atoms. The van der Waals surface area contributed by atoms with Gasteiger partial charge < -0.3 is 10.5 Å². The van der Waals surface area contributed by atoms with E-state index in [1.54, 1.807) is 31.5 Å². The van der Waals surface area contributed by atoms with E-state index in [1.807, 2.05) is 0 Å². The third-order valence-electron chi connectivity index (χ3n) is 2.10. The smallest absolute Gasteiger partial charge is 0.404 e. The van der Waals surface area contributed by atoms with Gasteiger partial charge in [-0.2, -0.15) is 0 Å². The molecule has 1 heterocycles. The number of amides is 1. The quantitative estimate of drug-likeness (QED) is 0.766. The molecule has 86 valence electrons. The summed E-state index contributed by atoms with van der Waals surface area (Å²) < 4.78 is 4.71. The monoisotopic (exact) mass is 222 g/mol. The summed E-state index contributed by atoms with van der Waals surface area (Å²) >= 11 is 0. The molecule has 0 saturated heterocycles. The van der Waals surface area contributed by atoms with E-state index in [4.69, 9.17) is 10.5 Å². The molecular formula is C11H14N2O3. The van der Waals surface area contributed by atoms with Crippen LogP contribution in [0.15, 0.2) is 24.5 Å². The Morgan fingerprint density at radius 3 is 2.62 bits per heavy atom. The zero-order valence-corrected chi connectivity index (χ0v) is 9.05. The van der Waals surface area contributed by atoms with E-state index in [0.717, 1.165) is 0 Å². The highest BCUT2D eigenvalue weighted by Crippen LogP contribution is 2.07. The Morgan fingerprint density at radius 2 is 2.06 bits per heavy atom. The molecule has 1 rings (SSSR count). The number of rotatable bonds is 5. The zero-order valence-electron chi connectivity index (χ0n) is 9.05. The zero-order chi connectivity index (χ0) is 12.0. The van der Waals surface area contributed by atoms with Crippen LogP contribution in [0.25, 0.3) is 0 Å². The van der Waals surface area contributed by atoms with Crippen molar-refractivity contribution in [1.82, 2.24) is 4.98 Å². The Labute approximate surface area is 93.6 Å². The standard InChI is InChI=1S/C11H14N2O3/c1-8(16-11(12)15)2-3-10(14)9-4-6-13-7-5-9/h4-8H,2-3H2,1H3,(H2,12,15)/t8-/m0/s1. The predicted molar refractivity (Wildman–Crippen MR) is 57.9 cm³/mol. The van der Waals surface area contributed by atoms with Crippen LogP contribution >= 0.6 is 0 Å². The van der Waals surface area contributed by atoms with Crippen LogP contribution in [0.2, 0.25) is 0 Å². The number of hydrogen-bond donors (Lipinski definition) is 1. The molecule has 0 aliphatic carbocycles. The summed E-state index contributed by atoms with van der Waals surface area (Å²) in [4.78, 5) is 25.9. The average Bonchev–Trinajstić information content (AvgIpc) is 2.26. The summed E-state index contributed by atoms with van der Waals surface area (Å²) in [6, 6.07) is 3.31. The first-order chi connectivity index (χ1) is 7.59. The first kappa shape index (κ1) is 12.2. The van der Waals surface area contributed by atoms with Crippen molar-refractivity contribution in [1.29, 1.82) is 0 Å². The summed E-state index contributed by atoms with van der Waals surface area (Å²) in [5, 5.41) is 0. The molecule has 1 aromatic rings. The Morgan fingerprint density at radius 1 is 1.44 bits per heavy atom.